The Morgan fingerprint density at radius 2 is 1.38 bits per heavy atom. The molecule has 0 radical (unpaired) electrons. The Balaban J connectivity index is 2.06. The molecule has 3 aromatic carbocycles. The molecular weight excluding hydrogens is 254 g/mol. The average molecular weight is 275 g/mol. The summed E-state index contributed by atoms with van der Waals surface area (Å²) < 4.78 is 0. The molecular formula is C20H21N. The minimum absolute atomic E-state index is 0.00194. The van der Waals surface area contributed by atoms with Crippen molar-refractivity contribution in [2.45, 2.75) is 25.8 Å². The number of nitrogens with two attached hydrogens (primary N) is 1. The van der Waals surface area contributed by atoms with Crippen LogP contribution in [-0.2, 0) is 0 Å². The number of fused-ring (bicyclic) bond motifs is 1. The quantitative estimate of drug-likeness (QED) is 0.719. The van der Waals surface area contributed by atoms with Gasteiger partial charge in [0.2, 0.25) is 0 Å². The highest BCUT2D eigenvalue weighted by Crippen LogP contribution is 2.33. The van der Waals surface area contributed by atoms with Crippen molar-refractivity contribution >= 4 is 10.8 Å². The first-order chi connectivity index (χ1) is 10.2. The lowest BCUT2D eigenvalue weighted by Crippen LogP contribution is -2.18. The van der Waals surface area contributed by atoms with E-state index in [-0.39, 0.29) is 12.0 Å². The highest BCUT2D eigenvalue weighted by molar-refractivity contribution is 5.89. The van der Waals surface area contributed by atoms with Crippen molar-refractivity contribution in [3.8, 4) is 0 Å². The first-order valence-electron chi connectivity index (χ1n) is 7.47. The van der Waals surface area contributed by atoms with Gasteiger partial charge in [0, 0.05) is 12.0 Å². The molecule has 106 valence electrons. The van der Waals surface area contributed by atoms with E-state index < -0.39 is 0 Å². The van der Waals surface area contributed by atoms with Gasteiger partial charge in [-0.3, -0.25) is 0 Å². The molecule has 2 atom stereocenters. The zero-order chi connectivity index (χ0) is 14.8. The van der Waals surface area contributed by atoms with Gasteiger partial charge in [0.05, 0.1) is 0 Å². The predicted octanol–water partition coefficient (Wildman–Crippen LogP) is 4.95. The van der Waals surface area contributed by atoms with Gasteiger partial charge >= 0.3 is 0 Å². The van der Waals surface area contributed by atoms with Crippen LogP contribution in [0.3, 0.4) is 0 Å². The Morgan fingerprint density at radius 1 is 0.762 bits per heavy atom. The lowest BCUT2D eigenvalue weighted by molar-refractivity contribution is 0.602. The standard InChI is InChI=1S/C20H21N/c1-14-12-13-19(18-11-7-6-10-17(14)18)20(21)15(2)16-8-4-3-5-9-16/h3-13,15,20H,21H2,1-2H3. The molecule has 0 aliphatic carbocycles. The molecule has 2 N–H and O–H groups in total. The summed E-state index contributed by atoms with van der Waals surface area (Å²) in [6.45, 7) is 4.35. The minimum atomic E-state index is -0.00194. The second-order valence-corrected chi connectivity index (χ2v) is 5.74. The normalized spacial score (nSPS) is 14.0. The summed E-state index contributed by atoms with van der Waals surface area (Å²) in [4.78, 5) is 0. The number of hydrogen-bond donors (Lipinski definition) is 1. The average Bonchev–Trinajstić information content (AvgIpc) is 2.55. The van der Waals surface area contributed by atoms with Crippen LogP contribution in [0, 0.1) is 6.92 Å². The first-order valence-corrected chi connectivity index (χ1v) is 7.47. The summed E-state index contributed by atoms with van der Waals surface area (Å²) in [6.07, 6.45) is 0. The van der Waals surface area contributed by atoms with Gasteiger partial charge in [-0.05, 0) is 34.4 Å². The van der Waals surface area contributed by atoms with Crippen LogP contribution in [0.2, 0.25) is 0 Å². The summed E-state index contributed by atoms with van der Waals surface area (Å²) in [6, 6.07) is 23.4. The largest absolute Gasteiger partial charge is 0.323 e. The van der Waals surface area contributed by atoms with E-state index in [9.17, 15) is 0 Å². The highest BCUT2D eigenvalue weighted by Gasteiger charge is 2.18. The fourth-order valence-corrected chi connectivity index (χ4v) is 3.00. The second-order valence-electron chi connectivity index (χ2n) is 5.74. The zero-order valence-corrected chi connectivity index (χ0v) is 12.6. The van der Waals surface area contributed by atoms with Crippen molar-refractivity contribution in [3.63, 3.8) is 0 Å². The Bertz CT molecular complexity index is 746. The Kier molecular flexibility index (Phi) is 3.76. The lowest BCUT2D eigenvalue weighted by Gasteiger charge is -2.23. The van der Waals surface area contributed by atoms with Gasteiger partial charge < -0.3 is 5.73 Å². The van der Waals surface area contributed by atoms with E-state index in [0.29, 0.717) is 0 Å². The van der Waals surface area contributed by atoms with Crippen molar-refractivity contribution in [1.82, 2.24) is 0 Å². The first kappa shape index (κ1) is 13.8. The smallest absolute Gasteiger partial charge is 0.0368 e. The van der Waals surface area contributed by atoms with Crippen molar-refractivity contribution in [2.24, 2.45) is 5.73 Å². The van der Waals surface area contributed by atoms with Crippen LogP contribution in [0.1, 0.15) is 35.6 Å². The molecule has 1 heteroatoms. The third-order valence-electron chi connectivity index (χ3n) is 4.40. The van der Waals surface area contributed by atoms with Gasteiger partial charge in [0.25, 0.3) is 0 Å². The van der Waals surface area contributed by atoms with E-state index in [4.69, 9.17) is 5.73 Å². The molecule has 1 nitrogen and oxygen atoms in total. The van der Waals surface area contributed by atoms with Crippen molar-refractivity contribution in [2.75, 3.05) is 0 Å². The van der Waals surface area contributed by atoms with Gasteiger partial charge in [0.15, 0.2) is 0 Å². The Hall–Kier alpha value is -2.12. The maximum Gasteiger partial charge on any atom is 0.0368 e. The van der Waals surface area contributed by atoms with Gasteiger partial charge in [0.1, 0.15) is 0 Å². The monoisotopic (exact) mass is 275 g/mol. The predicted molar refractivity (Wildman–Crippen MR) is 90.5 cm³/mol. The molecule has 0 fully saturated rings. The zero-order valence-electron chi connectivity index (χ0n) is 12.6. The summed E-state index contributed by atoms with van der Waals surface area (Å²) in [5.74, 6) is 0.289. The summed E-state index contributed by atoms with van der Waals surface area (Å²) in [7, 11) is 0. The van der Waals surface area contributed by atoms with Crippen LogP contribution in [0.25, 0.3) is 10.8 Å². The molecule has 0 aliphatic heterocycles. The topological polar surface area (TPSA) is 26.0 Å². The lowest BCUT2D eigenvalue weighted by atomic mass is 9.86. The molecule has 2 unspecified atom stereocenters. The molecule has 0 spiro atoms. The van der Waals surface area contributed by atoms with Gasteiger partial charge in [-0.25, -0.2) is 0 Å². The van der Waals surface area contributed by atoms with E-state index in [1.54, 1.807) is 0 Å². The summed E-state index contributed by atoms with van der Waals surface area (Å²) >= 11 is 0. The van der Waals surface area contributed by atoms with E-state index in [1.165, 1.54) is 27.5 Å². The van der Waals surface area contributed by atoms with Gasteiger partial charge in [-0.15, -0.1) is 0 Å². The summed E-state index contributed by atoms with van der Waals surface area (Å²) in [5.41, 5.74) is 10.4. The molecule has 21 heavy (non-hydrogen) atoms. The van der Waals surface area contributed by atoms with E-state index in [1.807, 2.05) is 6.07 Å². The number of benzene rings is 3. The molecule has 0 amide bonds. The van der Waals surface area contributed by atoms with E-state index in [2.05, 4.69) is 74.5 Å². The highest BCUT2D eigenvalue weighted by atomic mass is 14.6. The van der Waals surface area contributed by atoms with E-state index in [0.717, 1.165) is 0 Å². The van der Waals surface area contributed by atoms with Crippen molar-refractivity contribution in [3.05, 3.63) is 83.4 Å². The maximum absolute atomic E-state index is 6.59. The van der Waals surface area contributed by atoms with Gasteiger partial charge in [-0.1, -0.05) is 73.7 Å². The van der Waals surface area contributed by atoms with Crippen LogP contribution in [0.15, 0.2) is 66.7 Å². The fourth-order valence-electron chi connectivity index (χ4n) is 3.00. The molecule has 3 aromatic rings. The number of aryl methyl sites for hydroxylation is 1. The molecule has 0 aromatic heterocycles. The molecule has 3 rings (SSSR count). The molecule has 0 saturated heterocycles. The van der Waals surface area contributed by atoms with Crippen LogP contribution < -0.4 is 5.73 Å². The Labute approximate surface area is 126 Å². The minimum Gasteiger partial charge on any atom is -0.323 e. The summed E-state index contributed by atoms with van der Waals surface area (Å²) in [5, 5.41) is 2.57. The number of rotatable bonds is 3. The third kappa shape index (κ3) is 2.57. The number of hydrogen-bond acceptors (Lipinski definition) is 1. The van der Waals surface area contributed by atoms with Gasteiger partial charge in [-0.2, -0.15) is 0 Å². The SMILES string of the molecule is Cc1ccc(C(N)C(C)c2ccccc2)c2ccccc12. The molecule has 0 saturated carbocycles. The van der Waals surface area contributed by atoms with Crippen LogP contribution in [0.5, 0.6) is 0 Å². The fraction of sp³-hybridized carbons (Fsp3) is 0.200. The van der Waals surface area contributed by atoms with Crippen molar-refractivity contribution in [1.29, 1.82) is 0 Å². The molecule has 0 heterocycles. The van der Waals surface area contributed by atoms with Crippen LogP contribution in [-0.4, -0.2) is 0 Å². The van der Waals surface area contributed by atoms with E-state index >= 15 is 0 Å². The van der Waals surface area contributed by atoms with Crippen molar-refractivity contribution < 1.29 is 0 Å². The molecule has 0 aliphatic rings. The van der Waals surface area contributed by atoms with Crippen LogP contribution in [0.4, 0.5) is 0 Å². The molecule has 0 bridgehead atoms. The second kappa shape index (κ2) is 5.71. The Morgan fingerprint density at radius 3 is 2.10 bits per heavy atom. The third-order valence-corrected chi connectivity index (χ3v) is 4.40. The maximum atomic E-state index is 6.59. The van der Waals surface area contributed by atoms with Crippen LogP contribution >= 0.6 is 0 Å².